The van der Waals surface area contributed by atoms with E-state index in [1.165, 1.54) is 25.8 Å². The van der Waals surface area contributed by atoms with E-state index in [1.807, 2.05) is 0 Å². The van der Waals surface area contributed by atoms with Crippen molar-refractivity contribution in [1.82, 2.24) is 10.2 Å². The maximum Gasteiger partial charge on any atom is 0.0700 e. The van der Waals surface area contributed by atoms with E-state index in [4.69, 9.17) is 4.74 Å². The van der Waals surface area contributed by atoms with E-state index in [1.54, 1.807) is 0 Å². The highest BCUT2D eigenvalue weighted by Gasteiger charge is 2.29. The number of rotatable bonds is 2. The van der Waals surface area contributed by atoms with Crippen molar-refractivity contribution in [2.75, 3.05) is 20.2 Å². The highest BCUT2D eigenvalue weighted by Crippen LogP contribution is 2.19. The first-order valence-corrected chi connectivity index (χ1v) is 6.24. The Balaban J connectivity index is 1.80. The lowest BCUT2D eigenvalue weighted by Gasteiger charge is -2.37. The van der Waals surface area contributed by atoms with Crippen molar-refractivity contribution >= 4 is 0 Å². The Labute approximate surface area is 93.2 Å². The molecule has 4 unspecified atom stereocenters. The third-order valence-corrected chi connectivity index (χ3v) is 4.03. The number of likely N-dealkylation sites (tertiary alicyclic amines) is 1. The fourth-order valence-corrected chi connectivity index (χ4v) is 2.69. The predicted octanol–water partition coefficient (Wildman–Crippen LogP) is 1.24. The van der Waals surface area contributed by atoms with Gasteiger partial charge in [-0.3, -0.25) is 0 Å². The number of nitrogens with zero attached hydrogens (tertiary/aromatic N) is 1. The molecule has 1 N–H and O–H groups in total. The molecule has 0 radical (unpaired) electrons. The molecule has 0 aromatic rings. The SMILES string of the molecule is CC1OCCC1NC1CCN(C)C(C)C1. The lowest BCUT2D eigenvalue weighted by molar-refractivity contribution is 0.103. The molecular formula is C12H24N2O. The van der Waals surface area contributed by atoms with Gasteiger partial charge in [-0.2, -0.15) is 0 Å². The fraction of sp³-hybridized carbons (Fsp3) is 1.00. The summed E-state index contributed by atoms with van der Waals surface area (Å²) in [5.74, 6) is 0. The first-order valence-electron chi connectivity index (χ1n) is 6.24. The van der Waals surface area contributed by atoms with Gasteiger partial charge in [0.2, 0.25) is 0 Å². The zero-order chi connectivity index (χ0) is 10.8. The average Bonchev–Trinajstić information content (AvgIpc) is 2.59. The molecule has 2 heterocycles. The van der Waals surface area contributed by atoms with Crippen LogP contribution in [0.5, 0.6) is 0 Å². The van der Waals surface area contributed by atoms with Crippen LogP contribution < -0.4 is 5.32 Å². The first-order chi connectivity index (χ1) is 7.16. The van der Waals surface area contributed by atoms with Crippen LogP contribution in [0.1, 0.15) is 33.1 Å². The van der Waals surface area contributed by atoms with Crippen LogP contribution in [0, 0.1) is 0 Å². The topological polar surface area (TPSA) is 24.5 Å². The third kappa shape index (κ3) is 2.71. The minimum atomic E-state index is 0.403. The molecular weight excluding hydrogens is 188 g/mol. The Morgan fingerprint density at radius 2 is 2.07 bits per heavy atom. The van der Waals surface area contributed by atoms with Gasteiger partial charge >= 0.3 is 0 Å². The Morgan fingerprint density at radius 3 is 2.67 bits per heavy atom. The van der Waals surface area contributed by atoms with E-state index in [2.05, 4.69) is 31.1 Å². The lowest BCUT2D eigenvalue weighted by Crippen LogP contribution is -2.50. The van der Waals surface area contributed by atoms with Crippen LogP contribution in [-0.2, 0) is 4.74 Å². The van der Waals surface area contributed by atoms with Crippen molar-refractivity contribution in [1.29, 1.82) is 0 Å². The summed E-state index contributed by atoms with van der Waals surface area (Å²) in [6.45, 7) is 6.66. The van der Waals surface area contributed by atoms with Crippen molar-refractivity contribution < 1.29 is 4.74 Å². The number of hydrogen-bond donors (Lipinski definition) is 1. The van der Waals surface area contributed by atoms with E-state index < -0.39 is 0 Å². The molecule has 88 valence electrons. The summed E-state index contributed by atoms with van der Waals surface area (Å²) < 4.78 is 5.58. The molecule has 0 amide bonds. The van der Waals surface area contributed by atoms with Gasteiger partial charge in [-0.25, -0.2) is 0 Å². The van der Waals surface area contributed by atoms with E-state index in [0.717, 1.165) is 6.61 Å². The maximum absolute atomic E-state index is 5.58. The smallest absolute Gasteiger partial charge is 0.0700 e. The molecule has 15 heavy (non-hydrogen) atoms. The monoisotopic (exact) mass is 212 g/mol. The van der Waals surface area contributed by atoms with Gasteiger partial charge in [-0.15, -0.1) is 0 Å². The molecule has 2 saturated heterocycles. The molecule has 3 heteroatoms. The van der Waals surface area contributed by atoms with Gasteiger partial charge in [-0.05, 0) is 46.7 Å². The van der Waals surface area contributed by atoms with Gasteiger partial charge in [0, 0.05) is 24.7 Å². The Bertz CT molecular complexity index is 210. The quantitative estimate of drug-likeness (QED) is 0.745. The Morgan fingerprint density at radius 1 is 1.27 bits per heavy atom. The predicted molar refractivity (Wildman–Crippen MR) is 62.1 cm³/mol. The van der Waals surface area contributed by atoms with Crippen molar-refractivity contribution in [2.24, 2.45) is 0 Å². The van der Waals surface area contributed by atoms with Crippen LogP contribution in [0.4, 0.5) is 0 Å². The van der Waals surface area contributed by atoms with Gasteiger partial charge < -0.3 is 15.0 Å². The lowest BCUT2D eigenvalue weighted by atomic mass is 9.97. The molecule has 2 rings (SSSR count). The van der Waals surface area contributed by atoms with Gasteiger partial charge in [0.25, 0.3) is 0 Å². The van der Waals surface area contributed by atoms with Crippen LogP contribution in [0.2, 0.25) is 0 Å². The average molecular weight is 212 g/mol. The molecule has 0 bridgehead atoms. The summed E-state index contributed by atoms with van der Waals surface area (Å²) in [7, 11) is 2.22. The first kappa shape index (κ1) is 11.4. The van der Waals surface area contributed by atoms with Crippen LogP contribution in [0.3, 0.4) is 0 Å². The third-order valence-electron chi connectivity index (χ3n) is 4.03. The molecule has 0 saturated carbocycles. The Hall–Kier alpha value is -0.120. The molecule has 3 nitrogen and oxygen atoms in total. The fourth-order valence-electron chi connectivity index (χ4n) is 2.69. The summed E-state index contributed by atoms with van der Waals surface area (Å²) in [6.07, 6.45) is 4.14. The van der Waals surface area contributed by atoms with Gasteiger partial charge in [-0.1, -0.05) is 0 Å². The molecule has 2 aliphatic rings. The zero-order valence-electron chi connectivity index (χ0n) is 10.2. The standard InChI is InChI=1S/C12H24N2O/c1-9-8-11(4-6-14(9)3)13-12-5-7-15-10(12)2/h9-13H,4-8H2,1-3H3. The summed E-state index contributed by atoms with van der Waals surface area (Å²) in [4.78, 5) is 2.45. The van der Waals surface area contributed by atoms with E-state index >= 15 is 0 Å². The van der Waals surface area contributed by atoms with E-state index in [0.29, 0.717) is 24.2 Å². The van der Waals surface area contributed by atoms with Crippen molar-refractivity contribution in [3.63, 3.8) is 0 Å². The van der Waals surface area contributed by atoms with Crippen LogP contribution in [-0.4, -0.2) is 49.3 Å². The largest absolute Gasteiger partial charge is 0.377 e. The minimum absolute atomic E-state index is 0.403. The molecule has 0 aromatic heterocycles. The summed E-state index contributed by atoms with van der Waals surface area (Å²) in [5, 5.41) is 3.77. The molecule has 2 fully saturated rings. The zero-order valence-corrected chi connectivity index (χ0v) is 10.2. The van der Waals surface area contributed by atoms with Gasteiger partial charge in [0.15, 0.2) is 0 Å². The van der Waals surface area contributed by atoms with Gasteiger partial charge in [0.05, 0.1) is 6.10 Å². The molecule has 2 aliphatic heterocycles. The van der Waals surface area contributed by atoms with Crippen molar-refractivity contribution in [3.8, 4) is 0 Å². The second-order valence-corrected chi connectivity index (χ2v) is 5.19. The van der Waals surface area contributed by atoms with E-state index in [9.17, 15) is 0 Å². The summed E-state index contributed by atoms with van der Waals surface area (Å²) in [6, 6.07) is 2.00. The van der Waals surface area contributed by atoms with E-state index in [-0.39, 0.29) is 0 Å². The molecule has 0 spiro atoms. The number of ether oxygens (including phenoxy) is 1. The van der Waals surface area contributed by atoms with Crippen LogP contribution >= 0.6 is 0 Å². The summed E-state index contributed by atoms with van der Waals surface area (Å²) >= 11 is 0. The second kappa shape index (κ2) is 4.81. The molecule has 0 aliphatic carbocycles. The van der Waals surface area contributed by atoms with Crippen molar-refractivity contribution in [3.05, 3.63) is 0 Å². The number of nitrogens with one attached hydrogen (secondary N) is 1. The van der Waals surface area contributed by atoms with Crippen LogP contribution in [0.15, 0.2) is 0 Å². The Kier molecular flexibility index (Phi) is 3.65. The highest BCUT2D eigenvalue weighted by atomic mass is 16.5. The minimum Gasteiger partial charge on any atom is -0.377 e. The number of hydrogen-bond acceptors (Lipinski definition) is 3. The van der Waals surface area contributed by atoms with Crippen LogP contribution in [0.25, 0.3) is 0 Å². The van der Waals surface area contributed by atoms with Gasteiger partial charge in [0.1, 0.15) is 0 Å². The maximum atomic E-state index is 5.58. The summed E-state index contributed by atoms with van der Waals surface area (Å²) in [5.41, 5.74) is 0. The highest BCUT2D eigenvalue weighted by molar-refractivity contribution is 4.87. The molecule has 0 aromatic carbocycles. The van der Waals surface area contributed by atoms with Crippen molar-refractivity contribution in [2.45, 2.75) is 57.3 Å². The normalized spacial score (nSPS) is 43.4. The second-order valence-electron chi connectivity index (χ2n) is 5.19. The number of piperidine rings is 1. The molecule has 4 atom stereocenters.